The van der Waals surface area contributed by atoms with Crippen molar-refractivity contribution in [3.05, 3.63) is 0 Å². The van der Waals surface area contributed by atoms with Crippen molar-refractivity contribution in [3.8, 4) is 0 Å². The molecule has 0 spiro atoms. The number of carbonyl (C=O) groups is 2. The molecule has 2 unspecified atom stereocenters. The third-order valence-electron chi connectivity index (χ3n) is 3.52. The second kappa shape index (κ2) is 22.7. The minimum Gasteiger partial charge on any atom is -0.855 e. The SMILES string of the molecule is O=C([O-])C([O-])[C@H]([O-])[C@@H](O)[C@H](O)[C@H]([O-])C[O-].O=C([O-])C([O-])[C@H]([O-])[C@@H](O)[C@H](O)[C@H]([O-])C[O-].O=S(=O)([O-])[O-].[Mg+2].[Mg+2]. The summed E-state index contributed by atoms with van der Waals surface area (Å²) in [5.74, 6) is -4.49. The number of hydrogen-bond acceptors (Lipinski definition) is 20. The van der Waals surface area contributed by atoms with Crippen LogP contribution in [0.3, 0.4) is 0 Å². The van der Waals surface area contributed by atoms with Crippen LogP contribution in [0.4, 0.5) is 0 Å². The van der Waals surface area contributed by atoms with E-state index in [9.17, 15) is 60.7 Å². The first-order valence-corrected chi connectivity index (χ1v) is 9.90. The summed E-state index contributed by atoms with van der Waals surface area (Å²) in [6.45, 7) is -2.61. The van der Waals surface area contributed by atoms with E-state index in [0.29, 0.717) is 0 Å². The van der Waals surface area contributed by atoms with E-state index in [4.69, 9.17) is 37.9 Å². The maximum Gasteiger partial charge on any atom is 2.00 e. The first-order valence-electron chi connectivity index (χ1n) is 8.57. The summed E-state index contributed by atoms with van der Waals surface area (Å²) in [5.41, 5.74) is 0. The summed E-state index contributed by atoms with van der Waals surface area (Å²) < 4.78 is 34.1. The molecule has 0 saturated carbocycles. The van der Waals surface area contributed by atoms with Gasteiger partial charge in [0.15, 0.2) is 0 Å². The number of hydrogen-bond donors (Lipinski definition) is 4. The minimum atomic E-state index is -5.17. The Kier molecular flexibility index (Phi) is 28.6. The van der Waals surface area contributed by atoms with Crippen LogP contribution >= 0.6 is 0 Å². The van der Waals surface area contributed by atoms with E-state index >= 15 is 0 Å². The molecule has 212 valence electrons. The Hall–Kier alpha value is -0.138. The number of carbonyl (C=O) groups excluding carboxylic acids is 2. The molecule has 0 heterocycles. The molecule has 0 saturated heterocycles. The zero-order valence-corrected chi connectivity index (χ0v) is 22.0. The van der Waals surface area contributed by atoms with Crippen molar-refractivity contribution in [2.45, 2.75) is 61.0 Å². The fourth-order valence-corrected chi connectivity index (χ4v) is 1.65. The molecule has 0 radical (unpaired) electrons. The van der Waals surface area contributed by atoms with Gasteiger partial charge < -0.3 is 90.2 Å². The molecule has 0 fully saturated rings. The maximum absolute atomic E-state index is 10.8. The van der Waals surface area contributed by atoms with Crippen molar-refractivity contribution in [1.82, 2.24) is 0 Å². The van der Waals surface area contributed by atoms with Crippen LogP contribution in [0.2, 0.25) is 0 Å². The van der Waals surface area contributed by atoms with Gasteiger partial charge in [0.2, 0.25) is 0 Å². The van der Waals surface area contributed by atoms with Gasteiger partial charge in [-0.1, -0.05) is 12.2 Å². The Morgan fingerprint density at radius 1 is 0.595 bits per heavy atom. The Labute approximate surface area is 240 Å². The van der Waals surface area contributed by atoms with Gasteiger partial charge in [-0.15, -0.1) is 24.4 Å². The molecule has 0 aromatic rings. The quantitative estimate of drug-likeness (QED) is 0.0935. The monoisotopic (exact) mass is 586 g/mol. The number of aliphatic hydroxyl groups is 4. The van der Waals surface area contributed by atoms with Crippen molar-refractivity contribution in [3.63, 3.8) is 0 Å². The van der Waals surface area contributed by atoms with Gasteiger partial charge in [-0.25, -0.2) is 0 Å². The standard InChI is InChI=1S/2C7H10O8.2Mg.H2O4S/c2*8-1-2(9)3(10)4(11)5(12)6(13)7(14)15;;;1-5(2,3)4/h2*2-6,10-11H,1H2,(H,14,15);;;(H2,1,2,3,4)/q2*-4;2*+2;/p-4/t2*2-,3-,4+,5-,6?;;;/m11.../s1. The zero-order chi connectivity index (χ0) is 28.8. The first kappa shape index (κ1) is 46.7. The van der Waals surface area contributed by atoms with Gasteiger partial charge in [-0.2, -0.15) is 13.2 Å². The van der Waals surface area contributed by atoms with Crippen LogP contribution < -0.4 is 51.1 Å². The Morgan fingerprint density at radius 3 is 0.919 bits per heavy atom. The average molecular weight is 587 g/mol. The predicted molar refractivity (Wildman–Crippen MR) is 88.5 cm³/mol. The molecule has 4 N–H and O–H groups in total. The number of carboxylic acids is 2. The second-order valence-corrected chi connectivity index (χ2v) is 7.01. The molecule has 20 nitrogen and oxygen atoms in total. The molecular weight excluding hydrogens is 569 g/mol. The third-order valence-corrected chi connectivity index (χ3v) is 3.52. The van der Waals surface area contributed by atoms with Gasteiger partial charge >= 0.3 is 46.1 Å². The summed E-state index contributed by atoms with van der Waals surface area (Å²) in [6, 6.07) is 0. The molecule has 0 aliphatic carbocycles. The van der Waals surface area contributed by atoms with Gasteiger partial charge in [-0.3, -0.25) is 8.42 Å². The summed E-state index contributed by atoms with van der Waals surface area (Å²) >= 11 is 0. The van der Waals surface area contributed by atoms with E-state index in [-0.39, 0.29) is 46.1 Å². The molecular formula is C14H18Mg2O20S-8. The molecule has 0 aromatic heterocycles. The topological polar surface area (TPSA) is 426 Å². The molecule has 10 atom stereocenters. The van der Waals surface area contributed by atoms with Crippen molar-refractivity contribution < 1.29 is 98.6 Å². The number of carboxylic acid groups (broad SMARTS) is 2. The molecule has 0 aliphatic rings. The molecule has 0 aliphatic heterocycles. The average Bonchev–Trinajstić information content (AvgIpc) is 2.77. The molecule has 37 heavy (non-hydrogen) atoms. The van der Waals surface area contributed by atoms with Crippen LogP contribution in [0.5, 0.6) is 0 Å². The normalized spacial score (nSPS) is 19.0. The van der Waals surface area contributed by atoms with Gasteiger partial charge in [0.1, 0.15) is 0 Å². The van der Waals surface area contributed by atoms with Crippen molar-refractivity contribution in [2.24, 2.45) is 0 Å². The van der Waals surface area contributed by atoms with E-state index < -0.39 is 96.6 Å². The van der Waals surface area contributed by atoms with Crippen LogP contribution in [0.25, 0.3) is 0 Å². The Morgan fingerprint density at radius 2 is 0.784 bits per heavy atom. The molecule has 0 rings (SSSR count). The van der Waals surface area contributed by atoms with E-state index in [0.717, 1.165) is 0 Å². The van der Waals surface area contributed by atoms with E-state index in [1.54, 1.807) is 0 Å². The smallest absolute Gasteiger partial charge is 0.855 e. The Bertz CT molecular complexity index is 659. The summed E-state index contributed by atoms with van der Waals surface area (Å²) in [7, 11) is -5.17. The van der Waals surface area contributed by atoms with Crippen molar-refractivity contribution in [2.75, 3.05) is 13.2 Å². The minimum absolute atomic E-state index is 0. The summed E-state index contributed by atoms with van der Waals surface area (Å²) in [4.78, 5) is 19.9. The molecule has 0 aromatic carbocycles. The first-order chi connectivity index (χ1) is 15.6. The van der Waals surface area contributed by atoms with Crippen LogP contribution in [-0.2, 0) is 20.0 Å². The van der Waals surface area contributed by atoms with Crippen LogP contribution in [0, 0.1) is 0 Å². The Balaban J connectivity index is -0.000000149. The molecule has 0 amide bonds. The van der Waals surface area contributed by atoms with Crippen molar-refractivity contribution in [1.29, 1.82) is 0 Å². The van der Waals surface area contributed by atoms with Gasteiger partial charge in [0.05, 0.1) is 24.4 Å². The fourth-order valence-electron chi connectivity index (χ4n) is 1.65. The van der Waals surface area contributed by atoms with Gasteiger partial charge in [0, 0.05) is 22.3 Å². The summed E-state index contributed by atoms with van der Waals surface area (Å²) in [5, 5.41) is 140. The van der Waals surface area contributed by atoms with Crippen LogP contribution in [-0.4, -0.2) is 170 Å². The number of rotatable bonds is 12. The van der Waals surface area contributed by atoms with Crippen molar-refractivity contribution >= 4 is 68.4 Å². The van der Waals surface area contributed by atoms with Gasteiger partial charge in [0.25, 0.3) is 0 Å². The summed E-state index contributed by atoms with van der Waals surface area (Å²) in [6.07, 6.45) is -24.6. The number of aliphatic carboxylic acids is 2. The van der Waals surface area contributed by atoms with Gasteiger partial charge in [-0.05, 0) is 0 Å². The molecule has 23 heteroatoms. The number of aliphatic hydroxyl groups excluding tert-OH is 4. The second-order valence-electron chi connectivity index (χ2n) is 6.19. The predicted octanol–water partition coefficient (Wildman–Crippen LogP) is -18.1. The largest absolute Gasteiger partial charge is 2.00 e. The van der Waals surface area contributed by atoms with E-state index in [1.807, 2.05) is 0 Å². The maximum atomic E-state index is 10.8. The van der Waals surface area contributed by atoms with E-state index in [1.165, 1.54) is 0 Å². The third kappa shape index (κ3) is 21.4. The molecule has 0 bridgehead atoms. The zero-order valence-electron chi connectivity index (χ0n) is 18.3. The van der Waals surface area contributed by atoms with Crippen LogP contribution in [0.15, 0.2) is 0 Å². The van der Waals surface area contributed by atoms with Crippen LogP contribution in [0.1, 0.15) is 0 Å². The fraction of sp³-hybridized carbons (Fsp3) is 0.857. The van der Waals surface area contributed by atoms with E-state index in [2.05, 4.69) is 0 Å².